The van der Waals surface area contributed by atoms with Crippen LogP contribution in [-0.2, 0) is 6.54 Å². The molecule has 0 radical (unpaired) electrons. The molecule has 12 heavy (non-hydrogen) atoms. The lowest BCUT2D eigenvalue weighted by Crippen LogP contribution is -2.02. The Kier molecular flexibility index (Phi) is 2.93. The van der Waals surface area contributed by atoms with Gasteiger partial charge in [-0.2, -0.15) is 0 Å². The van der Waals surface area contributed by atoms with Crippen molar-refractivity contribution in [2.45, 2.75) is 6.54 Å². The Morgan fingerprint density at radius 3 is 2.83 bits per heavy atom. The van der Waals surface area contributed by atoms with E-state index < -0.39 is 4.92 Å². The molecule has 0 saturated carbocycles. The molecule has 64 valence electrons. The second-order valence-electron chi connectivity index (χ2n) is 2.10. The van der Waals surface area contributed by atoms with Crippen molar-refractivity contribution in [1.82, 2.24) is 4.98 Å². The van der Waals surface area contributed by atoms with E-state index in [1.54, 1.807) is 6.07 Å². The van der Waals surface area contributed by atoms with E-state index >= 15 is 0 Å². The second-order valence-corrected chi connectivity index (χ2v) is 3.34. The Balaban J connectivity index is 3.15. The van der Waals surface area contributed by atoms with Gasteiger partial charge in [-0.1, -0.05) is 0 Å². The van der Waals surface area contributed by atoms with E-state index in [4.69, 9.17) is 5.73 Å². The van der Waals surface area contributed by atoms with Crippen molar-refractivity contribution in [3.63, 3.8) is 0 Å². The van der Waals surface area contributed by atoms with Gasteiger partial charge in [-0.3, -0.25) is 0 Å². The van der Waals surface area contributed by atoms with Crippen molar-refractivity contribution in [1.29, 1.82) is 0 Å². The van der Waals surface area contributed by atoms with E-state index in [1.807, 2.05) is 22.6 Å². The number of nitro groups is 1. The summed E-state index contributed by atoms with van der Waals surface area (Å²) in [4.78, 5) is 13.5. The first kappa shape index (κ1) is 9.33. The van der Waals surface area contributed by atoms with Crippen LogP contribution in [0.4, 0.5) is 5.82 Å². The van der Waals surface area contributed by atoms with Gasteiger partial charge < -0.3 is 15.8 Å². The highest BCUT2D eigenvalue weighted by molar-refractivity contribution is 14.1. The summed E-state index contributed by atoms with van der Waals surface area (Å²) < 4.78 is 0.773. The lowest BCUT2D eigenvalue weighted by Gasteiger charge is -1.94. The zero-order chi connectivity index (χ0) is 9.14. The summed E-state index contributed by atoms with van der Waals surface area (Å²) in [5.41, 5.74) is 5.84. The van der Waals surface area contributed by atoms with Crippen LogP contribution in [0.1, 0.15) is 5.69 Å². The molecule has 0 aromatic carbocycles. The molecule has 1 heterocycles. The number of nitrogens with zero attached hydrogens (tertiary/aromatic N) is 2. The van der Waals surface area contributed by atoms with E-state index in [0.717, 1.165) is 3.57 Å². The highest BCUT2D eigenvalue weighted by atomic mass is 127. The van der Waals surface area contributed by atoms with E-state index in [-0.39, 0.29) is 12.4 Å². The van der Waals surface area contributed by atoms with Crippen LogP contribution in [0.2, 0.25) is 0 Å². The fourth-order valence-corrected chi connectivity index (χ4v) is 1.37. The standard InChI is InChI=1S/C6H6IN3O2/c7-4-1-5(3-8)9-6(2-4)10(11)12/h1-2H,3,8H2. The van der Waals surface area contributed by atoms with Crippen molar-refractivity contribution < 1.29 is 4.92 Å². The van der Waals surface area contributed by atoms with E-state index in [9.17, 15) is 10.1 Å². The van der Waals surface area contributed by atoms with Crippen molar-refractivity contribution in [3.05, 3.63) is 31.5 Å². The number of rotatable bonds is 2. The minimum absolute atomic E-state index is 0.151. The van der Waals surface area contributed by atoms with Crippen LogP contribution in [0, 0.1) is 13.7 Å². The molecule has 0 atom stereocenters. The summed E-state index contributed by atoms with van der Waals surface area (Å²) in [6, 6.07) is 3.12. The zero-order valence-corrected chi connectivity index (χ0v) is 8.19. The lowest BCUT2D eigenvalue weighted by atomic mass is 10.3. The molecule has 1 aromatic heterocycles. The van der Waals surface area contributed by atoms with Gasteiger partial charge in [0.1, 0.15) is 0 Å². The monoisotopic (exact) mass is 279 g/mol. The maximum absolute atomic E-state index is 10.3. The highest BCUT2D eigenvalue weighted by Crippen LogP contribution is 2.13. The highest BCUT2D eigenvalue weighted by Gasteiger charge is 2.10. The topological polar surface area (TPSA) is 82.0 Å². The zero-order valence-electron chi connectivity index (χ0n) is 6.03. The molecule has 2 N–H and O–H groups in total. The van der Waals surface area contributed by atoms with Gasteiger partial charge >= 0.3 is 5.82 Å². The van der Waals surface area contributed by atoms with Gasteiger partial charge in [0.2, 0.25) is 0 Å². The second kappa shape index (κ2) is 3.76. The van der Waals surface area contributed by atoms with Crippen LogP contribution in [0.15, 0.2) is 12.1 Å². The molecule has 0 aliphatic heterocycles. The largest absolute Gasteiger partial charge is 0.364 e. The van der Waals surface area contributed by atoms with Crippen molar-refractivity contribution in [2.75, 3.05) is 0 Å². The third-order valence-corrected chi connectivity index (χ3v) is 1.85. The summed E-state index contributed by atoms with van der Waals surface area (Å²) in [6.45, 7) is 0.220. The molecule has 1 aromatic rings. The average molecular weight is 279 g/mol. The minimum Gasteiger partial charge on any atom is -0.358 e. The van der Waals surface area contributed by atoms with Crippen LogP contribution in [-0.4, -0.2) is 9.91 Å². The van der Waals surface area contributed by atoms with Crippen molar-refractivity contribution in [3.8, 4) is 0 Å². The Labute approximate surface area is 82.3 Å². The Hall–Kier alpha value is -0.760. The Morgan fingerprint density at radius 1 is 1.67 bits per heavy atom. The molecular weight excluding hydrogens is 273 g/mol. The van der Waals surface area contributed by atoms with Crippen LogP contribution in [0.3, 0.4) is 0 Å². The molecule has 5 nitrogen and oxygen atoms in total. The molecule has 0 bridgehead atoms. The first-order chi connectivity index (χ1) is 5.63. The molecule has 0 spiro atoms. The van der Waals surface area contributed by atoms with Gasteiger partial charge in [0.15, 0.2) is 5.69 Å². The van der Waals surface area contributed by atoms with E-state index in [2.05, 4.69) is 4.98 Å². The van der Waals surface area contributed by atoms with Gasteiger partial charge in [0.05, 0.1) is 6.54 Å². The Morgan fingerprint density at radius 2 is 2.33 bits per heavy atom. The summed E-state index contributed by atoms with van der Waals surface area (Å²) in [5.74, 6) is -0.151. The lowest BCUT2D eigenvalue weighted by molar-refractivity contribution is -0.389. The van der Waals surface area contributed by atoms with Crippen molar-refractivity contribution in [2.24, 2.45) is 5.73 Å². The first-order valence-corrected chi connectivity index (χ1v) is 4.22. The van der Waals surface area contributed by atoms with E-state index in [1.165, 1.54) is 6.07 Å². The number of halogens is 1. The predicted molar refractivity (Wildman–Crippen MR) is 51.5 cm³/mol. The minimum atomic E-state index is -0.526. The molecule has 0 aliphatic rings. The number of nitrogens with two attached hydrogens (primary N) is 1. The fourth-order valence-electron chi connectivity index (χ4n) is 0.734. The quantitative estimate of drug-likeness (QED) is 0.498. The van der Waals surface area contributed by atoms with Crippen LogP contribution in [0.25, 0.3) is 0 Å². The SMILES string of the molecule is NCc1cc(I)cc([N+](=O)[O-])n1. The summed E-state index contributed by atoms with van der Waals surface area (Å²) in [7, 11) is 0. The van der Waals surface area contributed by atoms with Crippen LogP contribution < -0.4 is 5.73 Å². The Bertz CT molecular complexity index is 316. The van der Waals surface area contributed by atoms with E-state index in [0.29, 0.717) is 5.69 Å². The van der Waals surface area contributed by atoms with Crippen molar-refractivity contribution >= 4 is 28.4 Å². The number of hydrogen-bond acceptors (Lipinski definition) is 4. The number of aromatic nitrogens is 1. The van der Waals surface area contributed by atoms with Gasteiger partial charge in [0.25, 0.3) is 0 Å². The molecule has 1 rings (SSSR count). The molecule has 6 heteroatoms. The first-order valence-electron chi connectivity index (χ1n) is 3.14. The molecule has 0 amide bonds. The van der Waals surface area contributed by atoms with Gasteiger partial charge in [-0.25, -0.2) is 0 Å². The van der Waals surface area contributed by atoms with Crippen LogP contribution >= 0.6 is 22.6 Å². The maximum Gasteiger partial charge on any atom is 0.364 e. The molecule has 0 unspecified atom stereocenters. The molecule has 0 saturated heterocycles. The van der Waals surface area contributed by atoms with Gasteiger partial charge in [0, 0.05) is 15.7 Å². The van der Waals surface area contributed by atoms with Crippen LogP contribution in [0.5, 0.6) is 0 Å². The number of hydrogen-bond donors (Lipinski definition) is 1. The summed E-state index contributed by atoms with van der Waals surface area (Å²) in [6.07, 6.45) is 0. The molecule has 0 fully saturated rings. The summed E-state index contributed by atoms with van der Waals surface area (Å²) in [5, 5.41) is 10.3. The third-order valence-electron chi connectivity index (χ3n) is 1.23. The molecule has 0 aliphatic carbocycles. The number of pyridine rings is 1. The predicted octanol–water partition coefficient (Wildman–Crippen LogP) is 1.05. The average Bonchev–Trinajstić information content (AvgIpc) is 2.03. The fraction of sp³-hybridized carbons (Fsp3) is 0.167. The third kappa shape index (κ3) is 2.11. The van der Waals surface area contributed by atoms with Gasteiger partial charge in [-0.05, 0) is 32.5 Å². The maximum atomic E-state index is 10.3. The summed E-state index contributed by atoms with van der Waals surface area (Å²) >= 11 is 1.99. The smallest absolute Gasteiger partial charge is 0.358 e. The van der Waals surface area contributed by atoms with Gasteiger partial charge in [-0.15, -0.1) is 0 Å². The normalized spacial score (nSPS) is 9.83. The molecular formula is C6H6IN3O2.